The highest BCUT2D eigenvalue weighted by atomic mass is 16.5. The average Bonchev–Trinajstić information content (AvgIpc) is 2.72. The zero-order valence-corrected chi connectivity index (χ0v) is 14.4. The molecule has 3 heterocycles. The summed E-state index contributed by atoms with van der Waals surface area (Å²) in [5.41, 5.74) is 3.27. The Morgan fingerprint density at radius 3 is 2.65 bits per heavy atom. The van der Waals surface area contributed by atoms with Gasteiger partial charge in [-0.05, 0) is 42.7 Å². The lowest BCUT2D eigenvalue weighted by atomic mass is 10.1. The number of hydrogen-bond acceptors (Lipinski definition) is 5. The maximum Gasteiger partial charge on any atom is 0.253 e. The van der Waals surface area contributed by atoms with Crippen molar-refractivity contribution in [1.29, 1.82) is 0 Å². The maximum atomic E-state index is 12.8. The van der Waals surface area contributed by atoms with Crippen LogP contribution in [0.4, 0.5) is 0 Å². The van der Waals surface area contributed by atoms with Gasteiger partial charge in [0.25, 0.3) is 5.91 Å². The van der Waals surface area contributed by atoms with Gasteiger partial charge >= 0.3 is 0 Å². The van der Waals surface area contributed by atoms with Crippen molar-refractivity contribution in [2.75, 3.05) is 13.1 Å². The molecule has 1 saturated heterocycles. The third-order valence-corrected chi connectivity index (χ3v) is 4.65. The lowest BCUT2D eigenvalue weighted by Gasteiger charge is -2.32. The Morgan fingerprint density at radius 2 is 1.88 bits per heavy atom. The van der Waals surface area contributed by atoms with Crippen LogP contribution in [0, 0.1) is 0 Å². The first-order valence-corrected chi connectivity index (χ1v) is 8.80. The minimum Gasteiger partial charge on any atom is -0.373 e. The number of amides is 1. The Balaban J connectivity index is 1.34. The van der Waals surface area contributed by atoms with Gasteiger partial charge in [0, 0.05) is 43.4 Å². The van der Waals surface area contributed by atoms with Crippen LogP contribution in [-0.2, 0) is 11.3 Å². The lowest BCUT2D eigenvalue weighted by molar-refractivity contribution is -0.000465. The highest BCUT2D eigenvalue weighted by molar-refractivity contribution is 5.97. The molecule has 4 rings (SSSR count). The van der Waals surface area contributed by atoms with E-state index in [2.05, 4.69) is 15.0 Å². The van der Waals surface area contributed by atoms with Crippen LogP contribution < -0.4 is 0 Å². The monoisotopic (exact) mass is 348 g/mol. The summed E-state index contributed by atoms with van der Waals surface area (Å²) >= 11 is 0. The second kappa shape index (κ2) is 7.58. The Hall–Kier alpha value is -2.86. The summed E-state index contributed by atoms with van der Waals surface area (Å²) in [5.74, 6) is 0.0447. The van der Waals surface area contributed by atoms with Gasteiger partial charge in [0.2, 0.25) is 0 Å². The molecule has 0 N–H and O–H groups in total. The molecule has 6 heteroatoms. The first-order valence-electron chi connectivity index (χ1n) is 8.80. The van der Waals surface area contributed by atoms with Gasteiger partial charge in [0.05, 0.1) is 23.7 Å². The van der Waals surface area contributed by atoms with Crippen molar-refractivity contribution in [2.45, 2.75) is 25.6 Å². The molecular formula is C20H20N4O2. The fraction of sp³-hybridized carbons (Fsp3) is 0.300. The van der Waals surface area contributed by atoms with Gasteiger partial charge in [-0.3, -0.25) is 19.7 Å². The summed E-state index contributed by atoms with van der Waals surface area (Å²) in [6, 6.07) is 9.40. The molecule has 2 aromatic heterocycles. The molecule has 0 unspecified atom stereocenters. The van der Waals surface area contributed by atoms with E-state index in [-0.39, 0.29) is 12.0 Å². The van der Waals surface area contributed by atoms with E-state index in [1.807, 2.05) is 41.4 Å². The Bertz CT molecular complexity index is 892. The number of aromatic nitrogens is 3. The number of fused-ring (bicyclic) bond motifs is 1. The van der Waals surface area contributed by atoms with Crippen molar-refractivity contribution >= 4 is 16.9 Å². The Kier molecular flexibility index (Phi) is 4.84. The molecule has 6 nitrogen and oxygen atoms in total. The van der Waals surface area contributed by atoms with Crippen molar-refractivity contribution in [1.82, 2.24) is 19.9 Å². The van der Waals surface area contributed by atoms with E-state index in [4.69, 9.17) is 4.74 Å². The van der Waals surface area contributed by atoms with Crippen LogP contribution in [-0.4, -0.2) is 45.0 Å². The van der Waals surface area contributed by atoms with E-state index >= 15 is 0 Å². The van der Waals surface area contributed by atoms with Gasteiger partial charge in [-0.1, -0.05) is 6.07 Å². The van der Waals surface area contributed by atoms with E-state index in [1.54, 1.807) is 18.6 Å². The summed E-state index contributed by atoms with van der Waals surface area (Å²) in [6.07, 6.45) is 8.75. The van der Waals surface area contributed by atoms with Gasteiger partial charge in [0.15, 0.2) is 0 Å². The second-order valence-electron chi connectivity index (χ2n) is 6.42. The number of carbonyl (C=O) groups is 1. The highest BCUT2D eigenvalue weighted by Gasteiger charge is 2.24. The Labute approximate surface area is 151 Å². The highest BCUT2D eigenvalue weighted by Crippen LogP contribution is 2.19. The number of rotatable bonds is 4. The molecule has 1 aliphatic rings. The van der Waals surface area contributed by atoms with Crippen LogP contribution in [0.1, 0.15) is 28.8 Å². The zero-order chi connectivity index (χ0) is 17.8. The fourth-order valence-electron chi connectivity index (χ4n) is 3.20. The third-order valence-electron chi connectivity index (χ3n) is 4.65. The number of pyridine rings is 1. The van der Waals surface area contributed by atoms with E-state index in [9.17, 15) is 4.79 Å². The molecule has 1 fully saturated rings. The number of benzene rings is 1. The molecule has 0 atom stereocenters. The van der Waals surface area contributed by atoms with Crippen molar-refractivity contribution < 1.29 is 9.53 Å². The summed E-state index contributed by atoms with van der Waals surface area (Å²) in [5, 5.41) is 0. The predicted octanol–water partition coefficient (Wildman–Crippen LogP) is 2.85. The predicted molar refractivity (Wildman–Crippen MR) is 97.5 cm³/mol. The number of ether oxygens (including phenoxy) is 1. The smallest absolute Gasteiger partial charge is 0.253 e. The number of piperidine rings is 1. The van der Waals surface area contributed by atoms with Gasteiger partial charge in [-0.15, -0.1) is 0 Å². The van der Waals surface area contributed by atoms with Crippen LogP contribution in [0.25, 0.3) is 11.0 Å². The summed E-state index contributed by atoms with van der Waals surface area (Å²) in [4.78, 5) is 27.3. The minimum absolute atomic E-state index is 0.0447. The van der Waals surface area contributed by atoms with Crippen molar-refractivity contribution in [3.05, 3.63) is 66.2 Å². The lowest BCUT2D eigenvalue weighted by Crippen LogP contribution is -2.40. The fourth-order valence-corrected chi connectivity index (χ4v) is 3.20. The molecule has 0 spiro atoms. The summed E-state index contributed by atoms with van der Waals surface area (Å²) in [6.45, 7) is 1.97. The van der Waals surface area contributed by atoms with Crippen LogP contribution in [0.3, 0.4) is 0 Å². The van der Waals surface area contributed by atoms with Crippen LogP contribution in [0.5, 0.6) is 0 Å². The number of carbonyl (C=O) groups excluding carboxylic acids is 1. The SMILES string of the molecule is O=C(c1ccc2nccnc2c1)N1CCC(OCc2cccnc2)CC1. The number of nitrogens with zero attached hydrogens (tertiary/aromatic N) is 4. The van der Waals surface area contributed by atoms with Gasteiger partial charge < -0.3 is 9.64 Å². The molecule has 0 bridgehead atoms. The standard InChI is InChI=1S/C20H20N4O2/c25-20(16-3-4-18-19(12-16)23-9-8-22-18)24-10-5-17(6-11-24)26-14-15-2-1-7-21-13-15/h1-4,7-9,12-13,17H,5-6,10-11,14H2. The van der Waals surface area contributed by atoms with Gasteiger partial charge in [-0.25, -0.2) is 0 Å². The van der Waals surface area contributed by atoms with Crippen LogP contribution >= 0.6 is 0 Å². The average molecular weight is 348 g/mol. The molecular weight excluding hydrogens is 328 g/mol. The zero-order valence-electron chi connectivity index (χ0n) is 14.4. The van der Waals surface area contributed by atoms with Gasteiger partial charge in [0.1, 0.15) is 0 Å². The second-order valence-corrected chi connectivity index (χ2v) is 6.42. The molecule has 26 heavy (non-hydrogen) atoms. The molecule has 132 valence electrons. The van der Waals surface area contributed by atoms with Crippen molar-refractivity contribution in [3.8, 4) is 0 Å². The number of likely N-dealkylation sites (tertiary alicyclic amines) is 1. The largest absolute Gasteiger partial charge is 0.373 e. The summed E-state index contributed by atoms with van der Waals surface area (Å²) < 4.78 is 5.96. The van der Waals surface area contributed by atoms with Crippen LogP contribution in [0.2, 0.25) is 0 Å². The topological polar surface area (TPSA) is 68.2 Å². The van der Waals surface area contributed by atoms with Crippen LogP contribution in [0.15, 0.2) is 55.1 Å². The molecule has 1 aliphatic heterocycles. The molecule has 0 aliphatic carbocycles. The molecule has 3 aromatic rings. The first-order chi connectivity index (χ1) is 12.8. The summed E-state index contributed by atoms with van der Waals surface area (Å²) in [7, 11) is 0. The number of hydrogen-bond donors (Lipinski definition) is 0. The quantitative estimate of drug-likeness (QED) is 0.725. The molecule has 1 aromatic carbocycles. The third kappa shape index (κ3) is 3.70. The Morgan fingerprint density at radius 1 is 1.08 bits per heavy atom. The maximum absolute atomic E-state index is 12.8. The minimum atomic E-state index is 0.0447. The van der Waals surface area contributed by atoms with E-state index in [0.29, 0.717) is 25.3 Å². The van der Waals surface area contributed by atoms with Gasteiger partial charge in [-0.2, -0.15) is 0 Å². The molecule has 0 radical (unpaired) electrons. The molecule has 1 amide bonds. The first kappa shape index (κ1) is 16.6. The normalized spacial score (nSPS) is 15.3. The molecule has 0 saturated carbocycles. The van der Waals surface area contributed by atoms with E-state index in [0.717, 1.165) is 29.4 Å². The van der Waals surface area contributed by atoms with Crippen molar-refractivity contribution in [2.24, 2.45) is 0 Å². The van der Waals surface area contributed by atoms with E-state index in [1.165, 1.54) is 0 Å². The van der Waals surface area contributed by atoms with Crippen molar-refractivity contribution in [3.63, 3.8) is 0 Å². The van der Waals surface area contributed by atoms with E-state index < -0.39 is 0 Å².